The van der Waals surface area contributed by atoms with Gasteiger partial charge in [0.15, 0.2) is 6.10 Å². The van der Waals surface area contributed by atoms with Gasteiger partial charge < -0.3 is 9.64 Å². The number of hydrogen-bond donors (Lipinski definition) is 0. The van der Waals surface area contributed by atoms with Gasteiger partial charge in [-0.1, -0.05) is 24.3 Å². The van der Waals surface area contributed by atoms with Gasteiger partial charge in [-0.15, -0.1) is 0 Å². The molecule has 1 aliphatic rings. The fraction of sp³-hybridized carbons (Fsp3) is 0.238. The number of anilines is 2. The van der Waals surface area contributed by atoms with E-state index in [1.54, 1.807) is 31.3 Å². The molecule has 0 aliphatic carbocycles. The smallest absolute Gasteiger partial charge is 0.338 e. The SMILES string of the molecule is C[C@@H](OC(=O)c1cccc(N2C(=O)CCC2=O)c1)C(=O)N(C)c1ccccc1. The maximum atomic E-state index is 12.5. The van der Waals surface area contributed by atoms with Crippen LogP contribution in [-0.2, 0) is 19.1 Å². The molecule has 28 heavy (non-hydrogen) atoms. The Morgan fingerprint density at radius 3 is 2.29 bits per heavy atom. The van der Waals surface area contributed by atoms with Crippen LogP contribution in [0.5, 0.6) is 0 Å². The lowest BCUT2D eigenvalue weighted by Gasteiger charge is -2.21. The number of amides is 3. The molecule has 3 rings (SSSR count). The van der Waals surface area contributed by atoms with Crippen LogP contribution in [-0.4, -0.2) is 36.8 Å². The van der Waals surface area contributed by atoms with E-state index in [4.69, 9.17) is 4.74 Å². The van der Waals surface area contributed by atoms with E-state index in [1.165, 1.54) is 24.0 Å². The Morgan fingerprint density at radius 2 is 1.64 bits per heavy atom. The van der Waals surface area contributed by atoms with E-state index in [-0.39, 0.29) is 36.1 Å². The summed E-state index contributed by atoms with van der Waals surface area (Å²) in [6, 6.07) is 15.1. The summed E-state index contributed by atoms with van der Waals surface area (Å²) in [5.41, 5.74) is 1.16. The van der Waals surface area contributed by atoms with Crippen LogP contribution in [0.3, 0.4) is 0 Å². The highest BCUT2D eigenvalue weighted by Crippen LogP contribution is 2.24. The van der Waals surface area contributed by atoms with Gasteiger partial charge in [0, 0.05) is 25.6 Å². The van der Waals surface area contributed by atoms with Gasteiger partial charge in [-0.25, -0.2) is 4.79 Å². The summed E-state index contributed by atoms with van der Waals surface area (Å²) in [7, 11) is 1.60. The third-order valence-corrected chi connectivity index (χ3v) is 4.50. The summed E-state index contributed by atoms with van der Waals surface area (Å²) in [4.78, 5) is 51.2. The number of hydrogen-bond acceptors (Lipinski definition) is 5. The molecule has 0 bridgehead atoms. The number of carbonyl (C=O) groups is 4. The lowest BCUT2D eigenvalue weighted by molar-refractivity contribution is -0.126. The van der Waals surface area contributed by atoms with E-state index >= 15 is 0 Å². The molecule has 0 unspecified atom stereocenters. The van der Waals surface area contributed by atoms with E-state index in [1.807, 2.05) is 18.2 Å². The highest BCUT2D eigenvalue weighted by molar-refractivity contribution is 6.20. The number of nitrogens with zero attached hydrogens (tertiary/aromatic N) is 2. The fourth-order valence-electron chi connectivity index (χ4n) is 2.97. The van der Waals surface area contributed by atoms with Crippen LogP contribution >= 0.6 is 0 Å². The van der Waals surface area contributed by atoms with E-state index in [2.05, 4.69) is 0 Å². The normalized spacial score (nSPS) is 14.7. The highest BCUT2D eigenvalue weighted by atomic mass is 16.5. The number of imide groups is 1. The molecule has 2 aromatic carbocycles. The van der Waals surface area contributed by atoms with Crippen LogP contribution in [0.2, 0.25) is 0 Å². The fourth-order valence-corrected chi connectivity index (χ4v) is 2.97. The molecule has 1 heterocycles. The zero-order chi connectivity index (χ0) is 20.3. The predicted octanol–water partition coefficient (Wildman–Crippen LogP) is 2.55. The molecule has 0 aromatic heterocycles. The third-order valence-electron chi connectivity index (χ3n) is 4.50. The first kappa shape index (κ1) is 19.3. The van der Waals surface area contributed by atoms with Crippen molar-refractivity contribution in [3.05, 3.63) is 60.2 Å². The third kappa shape index (κ3) is 3.93. The first-order valence-corrected chi connectivity index (χ1v) is 8.88. The van der Waals surface area contributed by atoms with Gasteiger partial charge in [0.25, 0.3) is 5.91 Å². The van der Waals surface area contributed by atoms with Crippen molar-refractivity contribution in [2.75, 3.05) is 16.8 Å². The summed E-state index contributed by atoms with van der Waals surface area (Å²) < 4.78 is 5.29. The van der Waals surface area contributed by atoms with Crippen LogP contribution in [0.4, 0.5) is 11.4 Å². The van der Waals surface area contributed by atoms with Crippen molar-refractivity contribution in [3.8, 4) is 0 Å². The largest absolute Gasteiger partial charge is 0.449 e. The van der Waals surface area contributed by atoms with E-state index in [9.17, 15) is 19.2 Å². The Balaban J connectivity index is 1.71. The number of benzene rings is 2. The van der Waals surface area contributed by atoms with E-state index in [0.29, 0.717) is 11.4 Å². The van der Waals surface area contributed by atoms with Crippen LogP contribution in [0.1, 0.15) is 30.1 Å². The van der Waals surface area contributed by atoms with Crippen molar-refractivity contribution in [3.63, 3.8) is 0 Å². The zero-order valence-electron chi connectivity index (χ0n) is 15.6. The van der Waals surface area contributed by atoms with Crippen LogP contribution in [0.15, 0.2) is 54.6 Å². The van der Waals surface area contributed by atoms with Crippen molar-refractivity contribution in [2.45, 2.75) is 25.9 Å². The Hall–Kier alpha value is -3.48. The summed E-state index contributed by atoms with van der Waals surface area (Å²) in [6.45, 7) is 1.50. The first-order chi connectivity index (χ1) is 13.4. The molecule has 7 heteroatoms. The topological polar surface area (TPSA) is 84.0 Å². The molecule has 1 saturated heterocycles. The molecule has 2 aromatic rings. The van der Waals surface area contributed by atoms with Gasteiger partial charge in [0.1, 0.15) is 0 Å². The van der Waals surface area contributed by atoms with Crippen molar-refractivity contribution in [1.29, 1.82) is 0 Å². The summed E-state index contributed by atoms with van der Waals surface area (Å²) in [5.74, 6) is -1.68. The summed E-state index contributed by atoms with van der Waals surface area (Å²) in [6.07, 6.45) is -0.688. The molecule has 144 valence electrons. The second kappa shape index (κ2) is 8.04. The number of ether oxygens (including phenoxy) is 1. The van der Waals surface area contributed by atoms with Crippen LogP contribution < -0.4 is 9.80 Å². The molecule has 3 amide bonds. The lowest BCUT2D eigenvalue weighted by Crippen LogP contribution is -2.37. The van der Waals surface area contributed by atoms with Gasteiger partial charge in [0.2, 0.25) is 11.8 Å². The number of para-hydroxylation sites is 1. The second-order valence-corrected chi connectivity index (χ2v) is 6.45. The van der Waals surface area contributed by atoms with Crippen molar-refractivity contribution >= 4 is 35.1 Å². The van der Waals surface area contributed by atoms with Crippen molar-refractivity contribution in [1.82, 2.24) is 0 Å². The van der Waals surface area contributed by atoms with E-state index in [0.717, 1.165) is 4.90 Å². The predicted molar refractivity (Wildman–Crippen MR) is 103 cm³/mol. The molecule has 0 radical (unpaired) electrons. The number of rotatable bonds is 5. The first-order valence-electron chi connectivity index (χ1n) is 8.88. The molecule has 0 N–H and O–H groups in total. The van der Waals surface area contributed by atoms with Gasteiger partial charge in [-0.2, -0.15) is 0 Å². The average Bonchev–Trinajstić information content (AvgIpc) is 3.05. The average molecular weight is 380 g/mol. The molecule has 1 atom stereocenters. The monoisotopic (exact) mass is 380 g/mol. The molecule has 0 saturated carbocycles. The standard InChI is InChI=1S/C21H20N2O5/c1-14(20(26)22(2)16-8-4-3-5-9-16)28-21(27)15-7-6-10-17(13-15)23-18(24)11-12-19(23)25/h3-10,13-14H,11-12H2,1-2H3/t14-/m1/s1. The molecule has 1 fully saturated rings. The van der Waals surface area contributed by atoms with Crippen LogP contribution in [0.25, 0.3) is 0 Å². The maximum absolute atomic E-state index is 12.5. The van der Waals surface area contributed by atoms with Gasteiger partial charge in [-0.3, -0.25) is 19.3 Å². The Bertz CT molecular complexity index is 909. The zero-order valence-corrected chi connectivity index (χ0v) is 15.6. The van der Waals surface area contributed by atoms with Crippen LogP contribution in [0, 0.1) is 0 Å². The van der Waals surface area contributed by atoms with Crippen molar-refractivity contribution in [2.24, 2.45) is 0 Å². The van der Waals surface area contributed by atoms with Gasteiger partial charge >= 0.3 is 5.97 Å². The Morgan fingerprint density at radius 1 is 1.00 bits per heavy atom. The Labute approximate surface area is 162 Å². The quantitative estimate of drug-likeness (QED) is 0.588. The molecule has 1 aliphatic heterocycles. The highest BCUT2D eigenvalue weighted by Gasteiger charge is 2.31. The minimum absolute atomic E-state index is 0.158. The van der Waals surface area contributed by atoms with Crippen molar-refractivity contribution < 1.29 is 23.9 Å². The number of carbonyl (C=O) groups excluding carboxylic acids is 4. The second-order valence-electron chi connectivity index (χ2n) is 6.45. The maximum Gasteiger partial charge on any atom is 0.338 e. The molecular formula is C21H20N2O5. The molecule has 0 spiro atoms. The van der Waals surface area contributed by atoms with Gasteiger partial charge in [-0.05, 0) is 37.3 Å². The number of likely N-dealkylation sites (N-methyl/N-ethyl adjacent to an activating group) is 1. The van der Waals surface area contributed by atoms with Gasteiger partial charge in [0.05, 0.1) is 11.3 Å². The lowest BCUT2D eigenvalue weighted by atomic mass is 10.2. The Kier molecular flexibility index (Phi) is 5.54. The molecule has 7 nitrogen and oxygen atoms in total. The minimum Gasteiger partial charge on any atom is -0.449 e. The summed E-state index contributed by atoms with van der Waals surface area (Å²) in [5, 5.41) is 0. The van der Waals surface area contributed by atoms with E-state index < -0.39 is 12.1 Å². The minimum atomic E-state index is -1.00. The summed E-state index contributed by atoms with van der Waals surface area (Å²) >= 11 is 0. The number of esters is 1. The molecular weight excluding hydrogens is 360 g/mol.